The largest absolute Gasteiger partial charge is 0.394 e. The van der Waals surface area contributed by atoms with Crippen LogP contribution in [-0.2, 0) is 4.74 Å². The molecule has 1 aliphatic heterocycles. The van der Waals surface area contributed by atoms with Crippen LogP contribution in [0.25, 0.3) is 0 Å². The molecule has 0 amide bonds. The highest BCUT2D eigenvalue weighted by Gasteiger charge is 2.33. The van der Waals surface area contributed by atoms with Crippen LogP contribution in [0, 0.1) is 0 Å². The summed E-state index contributed by atoms with van der Waals surface area (Å²) in [5.74, 6) is 1.98. The van der Waals surface area contributed by atoms with Crippen molar-refractivity contribution in [2.75, 3.05) is 25.1 Å². The van der Waals surface area contributed by atoms with E-state index in [0.717, 1.165) is 31.5 Å². The zero-order valence-electron chi connectivity index (χ0n) is 10.7. The van der Waals surface area contributed by atoms with Crippen LogP contribution in [-0.4, -0.2) is 40.4 Å². The van der Waals surface area contributed by atoms with Crippen molar-refractivity contribution in [1.82, 2.24) is 9.97 Å². The van der Waals surface area contributed by atoms with Gasteiger partial charge >= 0.3 is 0 Å². The molecule has 0 aromatic carbocycles. The fraction of sp³-hybridized carbons (Fsp3) is 0.692. The Kier molecular flexibility index (Phi) is 3.60. The van der Waals surface area contributed by atoms with Crippen molar-refractivity contribution >= 4 is 17.4 Å². The Balaban J connectivity index is 1.80. The molecule has 19 heavy (non-hydrogen) atoms. The number of rotatable bonds is 4. The molecule has 1 aromatic rings. The number of hydrogen-bond acceptors (Lipinski definition) is 5. The standard InChI is InChI=1S/C13H18ClN3O2/c14-10-7-11(16-12(15-10)9-1-2-9)17-13(8-18)3-5-19-6-4-13/h7,9,18H,1-6,8H2,(H,15,16,17). The molecule has 0 bridgehead atoms. The maximum absolute atomic E-state index is 9.67. The van der Waals surface area contributed by atoms with Crippen molar-refractivity contribution in [2.45, 2.75) is 37.1 Å². The van der Waals surface area contributed by atoms with Crippen LogP contribution < -0.4 is 5.32 Å². The summed E-state index contributed by atoms with van der Waals surface area (Å²) in [6, 6.07) is 1.72. The van der Waals surface area contributed by atoms with Crippen LogP contribution in [0.4, 0.5) is 5.82 Å². The van der Waals surface area contributed by atoms with Gasteiger partial charge in [-0.25, -0.2) is 9.97 Å². The summed E-state index contributed by atoms with van der Waals surface area (Å²) in [5, 5.41) is 13.5. The van der Waals surface area contributed by atoms with Gasteiger partial charge in [-0.15, -0.1) is 0 Å². The monoisotopic (exact) mass is 283 g/mol. The number of halogens is 1. The van der Waals surface area contributed by atoms with Crippen molar-refractivity contribution < 1.29 is 9.84 Å². The molecule has 2 fully saturated rings. The maximum Gasteiger partial charge on any atom is 0.135 e. The van der Waals surface area contributed by atoms with E-state index in [1.54, 1.807) is 6.07 Å². The number of ether oxygens (including phenoxy) is 1. The quantitative estimate of drug-likeness (QED) is 0.827. The van der Waals surface area contributed by atoms with Gasteiger partial charge in [0.05, 0.1) is 12.1 Å². The number of aliphatic hydroxyl groups is 1. The number of aliphatic hydroxyl groups excluding tert-OH is 1. The molecule has 0 spiro atoms. The Hall–Kier alpha value is -0.910. The Morgan fingerprint density at radius 1 is 1.37 bits per heavy atom. The topological polar surface area (TPSA) is 67.3 Å². The van der Waals surface area contributed by atoms with E-state index >= 15 is 0 Å². The van der Waals surface area contributed by atoms with Crippen LogP contribution in [0.3, 0.4) is 0 Å². The summed E-state index contributed by atoms with van der Waals surface area (Å²) in [6.45, 7) is 1.38. The van der Waals surface area contributed by atoms with Gasteiger partial charge < -0.3 is 15.2 Å². The molecule has 0 radical (unpaired) electrons. The van der Waals surface area contributed by atoms with Gasteiger partial charge in [0.1, 0.15) is 16.8 Å². The SMILES string of the molecule is OCC1(Nc2cc(Cl)nc(C3CC3)n2)CCOCC1. The molecule has 6 heteroatoms. The normalized spacial score (nSPS) is 22.2. The highest BCUT2D eigenvalue weighted by Crippen LogP contribution is 2.39. The van der Waals surface area contributed by atoms with Crippen molar-refractivity contribution in [3.63, 3.8) is 0 Å². The first-order valence-electron chi connectivity index (χ1n) is 6.72. The van der Waals surface area contributed by atoms with Crippen molar-refractivity contribution in [3.05, 3.63) is 17.0 Å². The molecule has 2 N–H and O–H groups in total. The molecular weight excluding hydrogens is 266 g/mol. The zero-order chi connectivity index (χ0) is 13.3. The van der Waals surface area contributed by atoms with E-state index < -0.39 is 0 Å². The molecule has 0 atom stereocenters. The summed E-state index contributed by atoms with van der Waals surface area (Å²) in [5.41, 5.74) is -0.350. The Morgan fingerprint density at radius 2 is 2.11 bits per heavy atom. The third kappa shape index (κ3) is 2.99. The van der Waals surface area contributed by atoms with E-state index in [-0.39, 0.29) is 12.1 Å². The Labute approximate surface area is 117 Å². The van der Waals surface area contributed by atoms with Gasteiger partial charge in [-0.2, -0.15) is 0 Å². The minimum Gasteiger partial charge on any atom is -0.394 e. The first-order chi connectivity index (χ1) is 9.21. The average molecular weight is 284 g/mol. The molecule has 1 saturated heterocycles. The molecular formula is C13H18ClN3O2. The lowest BCUT2D eigenvalue weighted by molar-refractivity contribution is 0.0378. The predicted octanol–water partition coefficient (Wildman–Crippen LogP) is 1.96. The average Bonchev–Trinajstić information content (AvgIpc) is 3.23. The molecule has 1 aliphatic carbocycles. The summed E-state index contributed by atoms with van der Waals surface area (Å²) < 4.78 is 5.35. The van der Waals surface area contributed by atoms with E-state index in [0.29, 0.717) is 30.1 Å². The first kappa shape index (κ1) is 13.1. The molecule has 1 saturated carbocycles. The van der Waals surface area contributed by atoms with Gasteiger partial charge in [0.2, 0.25) is 0 Å². The van der Waals surface area contributed by atoms with Gasteiger partial charge in [0.15, 0.2) is 0 Å². The van der Waals surface area contributed by atoms with Gasteiger partial charge in [-0.1, -0.05) is 11.6 Å². The van der Waals surface area contributed by atoms with Gasteiger partial charge in [0.25, 0.3) is 0 Å². The Morgan fingerprint density at radius 3 is 2.74 bits per heavy atom. The van der Waals surface area contributed by atoms with E-state index in [1.807, 2.05) is 0 Å². The van der Waals surface area contributed by atoms with E-state index in [2.05, 4.69) is 15.3 Å². The fourth-order valence-electron chi connectivity index (χ4n) is 2.38. The second kappa shape index (κ2) is 5.23. The third-order valence-corrected chi connectivity index (χ3v) is 3.99. The molecule has 5 nitrogen and oxygen atoms in total. The van der Waals surface area contributed by atoms with Crippen molar-refractivity contribution in [1.29, 1.82) is 0 Å². The number of aromatic nitrogens is 2. The van der Waals surface area contributed by atoms with Crippen LogP contribution in [0.2, 0.25) is 5.15 Å². The summed E-state index contributed by atoms with van der Waals surface area (Å²) in [6.07, 6.45) is 3.81. The molecule has 3 rings (SSSR count). The molecule has 0 unspecified atom stereocenters. The number of anilines is 1. The molecule has 104 valence electrons. The molecule has 2 aliphatic rings. The predicted molar refractivity (Wildman–Crippen MR) is 72.5 cm³/mol. The zero-order valence-corrected chi connectivity index (χ0v) is 11.5. The second-order valence-electron chi connectivity index (χ2n) is 5.38. The van der Waals surface area contributed by atoms with Crippen LogP contribution in [0.1, 0.15) is 37.4 Å². The van der Waals surface area contributed by atoms with E-state index in [4.69, 9.17) is 16.3 Å². The van der Waals surface area contributed by atoms with Crippen LogP contribution >= 0.6 is 11.6 Å². The summed E-state index contributed by atoms with van der Waals surface area (Å²) >= 11 is 6.05. The summed E-state index contributed by atoms with van der Waals surface area (Å²) in [4.78, 5) is 8.79. The van der Waals surface area contributed by atoms with E-state index in [1.165, 1.54) is 0 Å². The molecule has 2 heterocycles. The maximum atomic E-state index is 9.67. The molecule has 1 aromatic heterocycles. The fourth-order valence-corrected chi connectivity index (χ4v) is 2.57. The van der Waals surface area contributed by atoms with Gasteiger partial charge in [-0.05, 0) is 25.7 Å². The lowest BCUT2D eigenvalue weighted by Crippen LogP contribution is -2.47. The number of nitrogens with zero attached hydrogens (tertiary/aromatic N) is 2. The highest BCUT2D eigenvalue weighted by molar-refractivity contribution is 6.29. The number of nitrogens with one attached hydrogen (secondary N) is 1. The number of hydrogen-bond donors (Lipinski definition) is 2. The van der Waals surface area contributed by atoms with Gasteiger partial charge in [0, 0.05) is 25.2 Å². The minimum atomic E-state index is -0.350. The minimum absolute atomic E-state index is 0.0662. The first-order valence-corrected chi connectivity index (χ1v) is 7.10. The van der Waals surface area contributed by atoms with E-state index in [9.17, 15) is 5.11 Å². The highest BCUT2D eigenvalue weighted by atomic mass is 35.5. The third-order valence-electron chi connectivity index (χ3n) is 3.80. The van der Waals surface area contributed by atoms with Crippen LogP contribution in [0.5, 0.6) is 0 Å². The van der Waals surface area contributed by atoms with Gasteiger partial charge in [-0.3, -0.25) is 0 Å². The van der Waals surface area contributed by atoms with Crippen molar-refractivity contribution in [2.24, 2.45) is 0 Å². The second-order valence-corrected chi connectivity index (χ2v) is 5.77. The van der Waals surface area contributed by atoms with Crippen molar-refractivity contribution in [3.8, 4) is 0 Å². The van der Waals surface area contributed by atoms with Crippen LogP contribution in [0.15, 0.2) is 6.07 Å². The lowest BCUT2D eigenvalue weighted by Gasteiger charge is -2.36. The Bertz CT molecular complexity index is 459. The summed E-state index contributed by atoms with van der Waals surface area (Å²) in [7, 11) is 0. The smallest absolute Gasteiger partial charge is 0.135 e. The lowest BCUT2D eigenvalue weighted by atomic mass is 9.91.